The molecule has 0 aliphatic carbocycles. The van der Waals surface area contributed by atoms with Crippen LogP contribution in [0.4, 0.5) is 11.4 Å². The van der Waals surface area contributed by atoms with Crippen LogP contribution in [0, 0.1) is 17.0 Å². The lowest BCUT2D eigenvalue weighted by molar-refractivity contribution is -0.384. The predicted molar refractivity (Wildman–Crippen MR) is 93.7 cm³/mol. The molecular formula is C15H10BrClN4O3. The van der Waals surface area contributed by atoms with E-state index < -0.39 is 10.8 Å². The maximum Gasteiger partial charge on any atom is 0.289 e. The summed E-state index contributed by atoms with van der Waals surface area (Å²) < 4.78 is 2.45. The smallest absolute Gasteiger partial charge is 0.289 e. The number of pyridine rings is 1. The van der Waals surface area contributed by atoms with Crippen molar-refractivity contribution in [2.75, 3.05) is 5.32 Å². The van der Waals surface area contributed by atoms with Crippen LogP contribution in [0.2, 0.25) is 5.02 Å². The molecule has 1 N–H and O–H groups in total. The number of hydrogen-bond donors (Lipinski definition) is 1. The molecule has 0 unspecified atom stereocenters. The number of nitro groups is 1. The first kappa shape index (κ1) is 16.4. The number of amides is 1. The molecule has 0 aliphatic heterocycles. The average molecular weight is 410 g/mol. The van der Waals surface area contributed by atoms with Crippen molar-refractivity contribution in [1.29, 1.82) is 0 Å². The molecule has 7 nitrogen and oxygen atoms in total. The van der Waals surface area contributed by atoms with Gasteiger partial charge in [0.2, 0.25) is 0 Å². The minimum absolute atomic E-state index is 0.00733. The van der Waals surface area contributed by atoms with Crippen LogP contribution < -0.4 is 5.32 Å². The molecule has 0 fully saturated rings. The molecular weight excluding hydrogens is 400 g/mol. The van der Waals surface area contributed by atoms with Gasteiger partial charge in [-0.2, -0.15) is 0 Å². The Balaban J connectivity index is 1.99. The third kappa shape index (κ3) is 2.98. The summed E-state index contributed by atoms with van der Waals surface area (Å²) in [4.78, 5) is 27.3. The van der Waals surface area contributed by atoms with E-state index in [0.717, 1.165) is 4.47 Å². The van der Waals surface area contributed by atoms with Gasteiger partial charge in [0, 0.05) is 22.4 Å². The van der Waals surface area contributed by atoms with Gasteiger partial charge in [-0.15, -0.1) is 0 Å². The maximum atomic E-state index is 12.6. The van der Waals surface area contributed by atoms with Gasteiger partial charge in [-0.3, -0.25) is 19.3 Å². The lowest BCUT2D eigenvalue weighted by atomic mass is 10.2. The SMILES string of the molecule is Cc1nc2ccc(Br)cn2c1C(=O)Nc1ccc(Cl)c([N+](=O)[O-])c1. The van der Waals surface area contributed by atoms with Crippen molar-refractivity contribution >= 4 is 50.5 Å². The van der Waals surface area contributed by atoms with Crippen molar-refractivity contribution in [3.63, 3.8) is 0 Å². The van der Waals surface area contributed by atoms with Gasteiger partial charge in [0.1, 0.15) is 16.4 Å². The van der Waals surface area contributed by atoms with Crippen LogP contribution in [0.25, 0.3) is 5.65 Å². The highest BCUT2D eigenvalue weighted by atomic mass is 79.9. The first-order chi connectivity index (χ1) is 11.4. The number of benzene rings is 1. The molecule has 0 spiro atoms. The number of hydrogen-bond acceptors (Lipinski definition) is 4. The summed E-state index contributed by atoms with van der Waals surface area (Å²) >= 11 is 9.13. The molecule has 3 rings (SSSR count). The summed E-state index contributed by atoms with van der Waals surface area (Å²) in [5.74, 6) is -0.422. The molecule has 0 bridgehead atoms. The second-order valence-electron chi connectivity index (χ2n) is 5.00. The van der Waals surface area contributed by atoms with Gasteiger partial charge in [-0.05, 0) is 47.1 Å². The van der Waals surface area contributed by atoms with Gasteiger partial charge in [-0.25, -0.2) is 4.98 Å². The number of imidazole rings is 1. The molecule has 0 saturated carbocycles. The second kappa shape index (κ2) is 6.21. The predicted octanol–water partition coefficient (Wildman–Crippen LogP) is 4.22. The Morgan fingerprint density at radius 2 is 2.12 bits per heavy atom. The Morgan fingerprint density at radius 1 is 1.38 bits per heavy atom. The van der Waals surface area contributed by atoms with Crippen LogP contribution in [0.15, 0.2) is 41.0 Å². The standard InChI is InChI=1S/C15H10BrClN4O3/c1-8-14(20-7-9(16)2-5-13(20)18-8)15(22)19-10-3-4-11(17)12(6-10)21(23)24/h2-7H,1H3,(H,19,22). The number of fused-ring (bicyclic) bond motifs is 1. The zero-order chi connectivity index (χ0) is 17.4. The Bertz CT molecular complexity index is 986. The van der Waals surface area contributed by atoms with E-state index in [-0.39, 0.29) is 16.4 Å². The number of carbonyl (C=O) groups is 1. The Labute approximate surface area is 149 Å². The van der Waals surface area contributed by atoms with Gasteiger partial charge >= 0.3 is 0 Å². The zero-order valence-corrected chi connectivity index (χ0v) is 14.6. The van der Waals surface area contributed by atoms with E-state index in [4.69, 9.17) is 11.6 Å². The molecule has 0 aliphatic rings. The largest absolute Gasteiger partial charge is 0.320 e. The molecule has 1 aromatic carbocycles. The molecule has 9 heteroatoms. The maximum absolute atomic E-state index is 12.6. The van der Waals surface area contributed by atoms with Crippen molar-refractivity contribution in [3.8, 4) is 0 Å². The van der Waals surface area contributed by atoms with Crippen LogP contribution in [-0.4, -0.2) is 20.2 Å². The fourth-order valence-electron chi connectivity index (χ4n) is 2.33. The lowest BCUT2D eigenvalue weighted by Crippen LogP contribution is -2.15. The Morgan fingerprint density at radius 3 is 2.83 bits per heavy atom. The number of nitro benzene ring substituents is 1. The fourth-order valence-corrected chi connectivity index (χ4v) is 2.85. The number of rotatable bonds is 3. The molecule has 122 valence electrons. The van der Waals surface area contributed by atoms with Crippen molar-refractivity contribution in [2.45, 2.75) is 6.92 Å². The highest BCUT2D eigenvalue weighted by Crippen LogP contribution is 2.28. The van der Waals surface area contributed by atoms with Gasteiger partial charge in [0.05, 0.1) is 10.6 Å². The summed E-state index contributed by atoms with van der Waals surface area (Å²) in [6.07, 6.45) is 1.73. The van der Waals surface area contributed by atoms with E-state index in [0.29, 0.717) is 17.0 Å². The number of nitrogens with zero attached hydrogens (tertiary/aromatic N) is 3. The number of nitrogens with one attached hydrogen (secondary N) is 1. The van der Waals surface area contributed by atoms with Crippen LogP contribution >= 0.6 is 27.5 Å². The molecule has 1 amide bonds. The lowest BCUT2D eigenvalue weighted by Gasteiger charge is -2.07. The van der Waals surface area contributed by atoms with E-state index in [9.17, 15) is 14.9 Å². The van der Waals surface area contributed by atoms with Gasteiger partial charge in [-0.1, -0.05) is 11.6 Å². The second-order valence-corrected chi connectivity index (χ2v) is 6.32. The summed E-state index contributed by atoms with van der Waals surface area (Å²) in [6, 6.07) is 7.69. The molecule has 0 radical (unpaired) electrons. The van der Waals surface area contributed by atoms with Crippen LogP contribution in [0.1, 0.15) is 16.2 Å². The number of aromatic nitrogens is 2. The fraction of sp³-hybridized carbons (Fsp3) is 0.0667. The van der Waals surface area contributed by atoms with E-state index in [2.05, 4.69) is 26.2 Å². The average Bonchev–Trinajstić information content (AvgIpc) is 2.84. The van der Waals surface area contributed by atoms with Crippen molar-refractivity contribution < 1.29 is 9.72 Å². The molecule has 2 aromatic heterocycles. The van der Waals surface area contributed by atoms with E-state index in [1.165, 1.54) is 18.2 Å². The van der Waals surface area contributed by atoms with Crippen LogP contribution in [0.5, 0.6) is 0 Å². The summed E-state index contributed by atoms with van der Waals surface area (Å²) in [5.41, 5.74) is 1.54. The Hall–Kier alpha value is -2.45. The molecule has 0 atom stereocenters. The van der Waals surface area contributed by atoms with E-state index in [1.807, 2.05) is 6.07 Å². The monoisotopic (exact) mass is 408 g/mol. The molecule has 24 heavy (non-hydrogen) atoms. The number of anilines is 1. The van der Waals surface area contributed by atoms with Crippen molar-refractivity contribution in [3.05, 3.63) is 67.5 Å². The Kier molecular flexibility index (Phi) is 4.25. The van der Waals surface area contributed by atoms with Crippen molar-refractivity contribution in [1.82, 2.24) is 9.38 Å². The van der Waals surface area contributed by atoms with Crippen LogP contribution in [-0.2, 0) is 0 Å². The van der Waals surface area contributed by atoms with Gasteiger partial charge < -0.3 is 5.32 Å². The van der Waals surface area contributed by atoms with Gasteiger partial charge in [0.25, 0.3) is 11.6 Å². The minimum Gasteiger partial charge on any atom is -0.320 e. The first-order valence-electron chi connectivity index (χ1n) is 6.76. The zero-order valence-electron chi connectivity index (χ0n) is 12.3. The highest BCUT2D eigenvalue weighted by Gasteiger charge is 2.19. The van der Waals surface area contributed by atoms with E-state index in [1.54, 1.807) is 23.6 Å². The topological polar surface area (TPSA) is 89.5 Å². The number of aryl methyl sites for hydroxylation is 1. The first-order valence-corrected chi connectivity index (χ1v) is 7.93. The van der Waals surface area contributed by atoms with Gasteiger partial charge in [0.15, 0.2) is 0 Å². The minimum atomic E-state index is -0.603. The summed E-state index contributed by atoms with van der Waals surface area (Å²) in [7, 11) is 0. The third-order valence-electron chi connectivity index (χ3n) is 3.37. The number of carbonyl (C=O) groups excluding carboxylic acids is 1. The third-order valence-corrected chi connectivity index (χ3v) is 4.16. The summed E-state index contributed by atoms with van der Waals surface area (Å²) in [6.45, 7) is 1.72. The quantitative estimate of drug-likeness (QED) is 0.518. The van der Waals surface area contributed by atoms with Crippen LogP contribution in [0.3, 0.4) is 0 Å². The summed E-state index contributed by atoms with van der Waals surface area (Å²) in [5, 5.41) is 13.6. The highest BCUT2D eigenvalue weighted by molar-refractivity contribution is 9.10. The molecule has 3 aromatic rings. The number of halogens is 2. The van der Waals surface area contributed by atoms with E-state index >= 15 is 0 Å². The molecule has 2 heterocycles. The van der Waals surface area contributed by atoms with Crippen molar-refractivity contribution in [2.24, 2.45) is 0 Å². The molecule has 0 saturated heterocycles. The normalized spacial score (nSPS) is 10.8.